The lowest BCUT2D eigenvalue weighted by atomic mass is 10.1. The smallest absolute Gasteiger partial charge is 0.328 e. The zero-order valence-corrected chi connectivity index (χ0v) is 20.4. The van der Waals surface area contributed by atoms with E-state index < -0.39 is 5.97 Å². The van der Waals surface area contributed by atoms with Crippen LogP contribution < -0.4 is 10.2 Å². The van der Waals surface area contributed by atoms with Gasteiger partial charge in [-0.2, -0.15) is 0 Å². The highest BCUT2D eigenvalue weighted by atomic mass is 32.2. The molecule has 0 atom stereocenters. The molecule has 1 fully saturated rings. The highest BCUT2D eigenvalue weighted by molar-refractivity contribution is 8.01. The number of anilines is 2. The van der Waals surface area contributed by atoms with Crippen LogP contribution in [0.15, 0.2) is 74.8 Å². The molecule has 33 heavy (non-hydrogen) atoms. The van der Waals surface area contributed by atoms with Crippen molar-refractivity contribution in [2.45, 2.75) is 39.7 Å². The molecule has 1 aliphatic carbocycles. The van der Waals surface area contributed by atoms with Gasteiger partial charge < -0.3 is 5.11 Å². The Hall–Kier alpha value is -2.49. The molecule has 172 valence electrons. The Balaban J connectivity index is 1.46. The van der Waals surface area contributed by atoms with Gasteiger partial charge >= 0.3 is 12.0 Å². The van der Waals surface area contributed by atoms with E-state index in [1.807, 2.05) is 42.5 Å². The minimum atomic E-state index is -0.879. The van der Waals surface area contributed by atoms with Crippen molar-refractivity contribution >= 4 is 57.7 Å². The minimum absolute atomic E-state index is 0.0310. The van der Waals surface area contributed by atoms with E-state index in [4.69, 9.17) is 5.11 Å². The molecule has 0 radical (unpaired) electrons. The molecule has 1 saturated carbocycles. The van der Waals surface area contributed by atoms with E-state index in [0.29, 0.717) is 17.6 Å². The lowest BCUT2D eigenvalue weighted by molar-refractivity contribution is -0.133. The summed E-state index contributed by atoms with van der Waals surface area (Å²) in [6.07, 6.45) is 6.30. The normalized spacial score (nSPS) is 13.7. The molecule has 0 aliphatic heterocycles. The lowest BCUT2D eigenvalue weighted by Gasteiger charge is -2.26. The summed E-state index contributed by atoms with van der Waals surface area (Å²) in [7, 11) is 0. The molecule has 9 heteroatoms. The number of urea groups is 1. The highest BCUT2D eigenvalue weighted by Crippen LogP contribution is 2.32. The number of hydrogen-bond donors (Lipinski definition) is 2. The second kappa shape index (κ2) is 11.6. The monoisotopic (exact) mass is 499 g/mol. The van der Waals surface area contributed by atoms with Gasteiger partial charge in [-0.1, -0.05) is 54.1 Å². The summed E-state index contributed by atoms with van der Waals surface area (Å²) >= 11 is 4.18. The maximum absolute atomic E-state index is 13.2. The van der Waals surface area contributed by atoms with E-state index in [-0.39, 0.29) is 11.8 Å². The third kappa shape index (κ3) is 6.99. The molecule has 6 nitrogen and oxygen atoms in total. The third-order valence-electron chi connectivity index (χ3n) is 5.32. The molecule has 1 aliphatic rings. The van der Waals surface area contributed by atoms with Gasteiger partial charge in [0.25, 0.3) is 0 Å². The number of carboxylic acid groups (broad SMARTS) is 1. The molecular formula is C24H25N3O3S3. The van der Waals surface area contributed by atoms with Crippen LogP contribution in [0.25, 0.3) is 0 Å². The molecule has 3 aromatic rings. The third-order valence-corrected chi connectivity index (χ3v) is 8.43. The van der Waals surface area contributed by atoms with Gasteiger partial charge in [-0.3, -0.25) is 15.0 Å². The fourth-order valence-electron chi connectivity index (χ4n) is 3.75. The average molecular weight is 500 g/mol. The number of carboxylic acids is 1. The standard InChI is InChI=1S/C24H25N3O3S3/c28-21(29)16-31-22-14-25-23(33-22)26-24(30)27(15-17-6-4-5-7-17)18-10-12-20(13-11-18)32-19-8-2-1-3-9-19/h1-3,8-14,17H,4-7,15-16H2,(H,28,29)(H,25,26,30). The number of benzene rings is 2. The zero-order valence-electron chi connectivity index (χ0n) is 18.0. The summed E-state index contributed by atoms with van der Waals surface area (Å²) < 4.78 is 0.761. The van der Waals surface area contributed by atoms with Crippen LogP contribution in [0.4, 0.5) is 15.6 Å². The first-order chi connectivity index (χ1) is 16.1. The molecule has 0 saturated heterocycles. The van der Waals surface area contributed by atoms with Crippen LogP contribution in [-0.2, 0) is 4.79 Å². The summed E-state index contributed by atoms with van der Waals surface area (Å²) in [6, 6.07) is 18.1. The minimum Gasteiger partial charge on any atom is -0.481 e. The number of aliphatic carboxylic acids is 1. The van der Waals surface area contributed by atoms with Crippen LogP contribution in [0.2, 0.25) is 0 Å². The van der Waals surface area contributed by atoms with Crippen LogP contribution in [0.1, 0.15) is 25.7 Å². The molecular weight excluding hydrogens is 474 g/mol. The van der Waals surface area contributed by atoms with Crippen LogP contribution in [0.3, 0.4) is 0 Å². The van der Waals surface area contributed by atoms with E-state index in [2.05, 4.69) is 22.4 Å². The van der Waals surface area contributed by atoms with Crippen molar-refractivity contribution < 1.29 is 14.7 Å². The number of thioether (sulfide) groups is 1. The first-order valence-electron chi connectivity index (χ1n) is 10.8. The predicted octanol–water partition coefficient (Wildman–Crippen LogP) is 6.70. The Morgan fingerprint density at radius 3 is 2.45 bits per heavy atom. The van der Waals surface area contributed by atoms with Crippen LogP contribution in [0.5, 0.6) is 0 Å². The Morgan fingerprint density at radius 2 is 1.76 bits per heavy atom. The van der Waals surface area contributed by atoms with Crippen molar-refractivity contribution in [3.63, 3.8) is 0 Å². The maximum Gasteiger partial charge on any atom is 0.328 e. The van der Waals surface area contributed by atoms with Gasteiger partial charge in [0.15, 0.2) is 5.13 Å². The molecule has 2 N–H and O–H groups in total. The Labute approximate surface area is 205 Å². The summed E-state index contributed by atoms with van der Waals surface area (Å²) in [5.74, 6) is -0.417. The Bertz CT molecular complexity index is 1070. The van der Waals surface area contributed by atoms with Gasteiger partial charge in [0.1, 0.15) is 0 Å². The summed E-state index contributed by atoms with van der Waals surface area (Å²) in [5, 5.41) is 12.2. The Kier molecular flexibility index (Phi) is 8.30. The zero-order chi connectivity index (χ0) is 23.0. The van der Waals surface area contributed by atoms with Gasteiger partial charge in [0.05, 0.1) is 16.2 Å². The van der Waals surface area contributed by atoms with Crippen LogP contribution in [0, 0.1) is 5.92 Å². The Morgan fingerprint density at radius 1 is 1.06 bits per heavy atom. The average Bonchev–Trinajstić information content (AvgIpc) is 3.49. The fourth-order valence-corrected chi connectivity index (χ4v) is 6.17. The van der Waals surface area contributed by atoms with Crippen molar-refractivity contribution in [1.29, 1.82) is 0 Å². The van der Waals surface area contributed by atoms with Crippen molar-refractivity contribution in [3.8, 4) is 0 Å². The molecule has 1 heterocycles. The number of thiazole rings is 1. The number of aromatic nitrogens is 1. The van der Waals surface area contributed by atoms with Crippen LogP contribution >= 0.6 is 34.9 Å². The molecule has 1 aromatic heterocycles. The molecule has 2 amide bonds. The van der Waals surface area contributed by atoms with E-state index in [0.717, 1.165) is 27.6 Å². The molecule has 0 spiro atoms. The predicted molar refractivity (Wildman–Crippen MR) is 136 cm³/mol. The van der Waals surface area contributed by atoms with E-state index in [9.17, 15) is 9.59 Å². The van der Waals surface area contributed by atoms with E-state index in [1.165, 1.54) is 40.8 Å². The number of amides is 2. The summed E-state index contributed by atoms with van der Waals surface area (Å²) in [5.41, 5.74) is 0.855. The highest BCUT2D eigenvalue weighted by Gasteiger charge is 2.24. The maximum atomic E-state index is 13.2. The van der Waals surface area contributed by atoms with E-state index in [1.54, 1.807) is 22.9 Å². The largest absolute Gasteiger partial charge is 0.481 e. The van der Waals surface area contributed by atoms with Crippen molar-refractivity contribution in [3.05, 3.63) is 60.8 Å². The van der Waals surface area contributed by atoms with Crippen molar-refractivity contribution in [2.75, 3.05) is 22.5 Å². The van der Waals surface area contributed by atoms with Gasteiger partial charge in [-0.15, -0.1) is 11.8 Å². The first kappa shape index (κ1) is 23.7. The first-order valence-corrected chi connectivity index (χ1v) is 13.4. The number of rotatable bonds is 9. The number of hydrogen-bond acceptors (Lipinski definition) is 6. The number of nitrogens with zero attached hydrogens (tertiary/aromatic N) is 2. The molecule has 4 rings (SSSR count). The molecule has 0 unspecified atom stereocenters. The summed E-state index contributed by atoms with van der Waals surface area (Å²) in [6.45, 7) is 0.670. The fraction of sp³-hybridized carbons (Fsp3) is 0.292. The summed E-state index contributed by atoms with van der Waals surface area (Å²) in [4.78, 5) is 32.3. The van der Waals surface area contributed by atoms with Crippen molar-refractivity contribution in [2.24, 2.45) is 5.92 Å². The van der Waals surface area contributed by atoms with Crippen molar-refractivity contribution in [1.82, 2.24) is 4.98 Å². The lowest BCUT2D eigenvalue weighted by Crippen LogP contribution is -2.38. The second-order valence-electron chi connectivity index (χ2n) is 7.77. The molecule has 2 aromatic carbocycles. The topological polar surface area (TPSA) is 82.5 Å². The number of carbonyl (C=O) groups is 2. The number of nitrogens with one attached hydrogen (secondary N) is 1. The SMILES string of the molecule is O=C(O)CSc1cnc(NC(=O)N(CC2CCCC2)c2ccc(Sc3ccccc3)cc2)s1. The number of carbonyl (C=O) groups excluding carboxylic acids is 1. The quantitative estimate of drug-likeness (QED) is 0.319. The van der Waals surface area contributed by atoms with Crippen LogP contribution in [-0.4, -0.2) is 34.4 Å². The van der Waals surface area contributed by atoms with Gasteiger partial charge in [0, 0.05) is 22.0 Å². The van der Waals surface area contributed by atoms with Gasteiger partial charge in [0.2, 0.25) is 0 Å². The van der Waals surface area contributed by atoms with E-state index >= 15 is 0 Å². The van der Waals surface area contributed by atoms with Gasteiger partial charge in [-0.25, -0.2) is 9.78 Å². The molecule has 0 bridgehead atoms. The second-order valence-corrected chi connectivity index (χ2v) is 11.2. The van der Waals surface area contributed by atoms with Gasteiger partial charge in [-0.05, 0) is 55.2 Å².